The first-order valence-corrected chi connectivity index (χ1v) is 11.0. The molecule has 32 heavy (non-hydrogen) atoms. The average molecular weight is 496 g/mol. The Kier molecular flexibility index (Phi) is 6.65. The van der Waals surface area contributed by atoms with Crippen molar-refractivity contribution >= 4 is 27.7 Å². The van der Waals surface area contributed by atoms with E-state index in [1.165, 1.54) is 0 Å². The van der Waals surface area contributed by atoms with Crippen molar-refractivity contribution in [2.24, 2.45) is 0 Å². The maximum absolute atomic E-state index is 12.6. The minimum atomic E-state index is -0.165. The Hall–Kier alpha value is -3.46. The predicted molar refractivity (Wildman–Crippen MR) is 124 cm³/mol. The number of carbonyl (C=O) groups is 1. The molecule has 1 amide bonds. The van der Waals surface area contributed by atoms with Gasteiger partial charge in [-0.15, -0.1) is 0 Å². The van der Waals surface area contributed by atoms with Gasteiger partial charge in [-0.2, -0.15) is 10.1 Å². The van der Waals surface area contributed by atoms with Crippen LogP contribution >= 0.6 is 15.9 Å². The van der Waals surface area contributed by atoms with Crippen LogP contribution in [0.2, 0.25) is 0 Å². The molecule has 2 heterocycles. The largest absolute Gasteiger partial charge is 0.494 e. The second-order valence-electron chi connectivity index (χ2n) is 7.08. The lowest BCUT2D eigenvalue weighted by Crippen LogP contribution is -2.15. The van der Waals surface area contributed by atoms with Crippen molar-refractivity contribution in [2.45, 2.75) is 26.7 Å². The van der Waals surface area contributed by atoms with Crippen LogP contribution in [-0.4, -0.2) is 32.4 Å². The van der Waals surface area contributed by atoms with Gasteiger partial charge in [-0.1, -0.05) is 27.2 Å². The normalized spacial score (nSPS) is 10.8. The SMILES string of the molecule is CCOc1ccc(-c2noc(CCC(=O)Nc3cc(C)nn3-c3cccc(Br)c3)n2)cc1. The highest BCUT2D eigenvalue weighted by molar-refractivity contribution is 9.10. The molecule has 2 aromatic heterocycles. The minimum absolute atomic E-state index is 0.165. The number of nitrogens with zero attached hydrogens (tertiary/aromatic N) is 4. The van der Waals surface area contributed by atoms with E-state index in [4.69, 9.17) is 9.26 Å². The third-order valence-corrected chi connectivity index (χ3v) is 5.10. The van der Waals surface area contributed by atoms with Gasteiger partial charge in [-0.3, -0.25) is 4.79 Å². The van der Waals surface area contributed by atoms with Crippen LogP contribution < -0.4 is 10.1 Å². The first-order chi connectivity index (χ1) is 15.5. The zero-order chi connectivity index (χ0) is 22.5. The zero-order valence-corrected chi connectivity index (χ0v) is 19.3. The topological polar surface area (TPSA) is 95.1 Å². The highest BCUT2D eigenvalue weighted by Gasteiger charge is 2.14. The maximum atomic E-state index is 12.6. The Morgan fingerprint density at radius 3 is 2.75 bits per heavy atom. The summed E-state index contributed by atoms with van der Waals surface area (Å²) >= 11 is 3.46. The van der Waals surface area contributed by atoms with Gasteiger partial charge in [0, 0.05) is 28.9 Å². The second-order valence-corrected chi connectivity index (χ2v) is 8.00. The highest BCUT2D eigenvalue weighted by atomic mass is 79.9. The van der Waals surface area contributed by atoms with E-state index in [0.29, 0.717) is 30.6 Å². The fraction of sp³-hybridized carbons (Fsp3) is 0.217. The standard InChI is InChI=1S/C23H22BrN5O3/c1-3-31-19-9-7-16(8-10-19)23-26-22(32-28-23)12-11-21(30)25-20-13-15(2)27-29(20)18-6-4-5-17(24)14-18/h4-10,13-14H,3,11-12H2,1-2H3,(H,25,30). The van der Waals surface area contributed by atoms with Crippen molar-refractivity contribution in [1.82, 2.24) is 19.9 Å². The molecule has 0 aliphatic rings. The predicted octanol–water partition coefficient (Wildman–Crippen LogP) is 4.96. The molecule has 2 aromatic carbocycles. The first-order valence-electron chi connectivity index (χ1n) is 10.2. The van der Waals surface area contributed by atoms with E-state index in [9.17, 15) is 4.79 Å². The number of benzene rings is 2. The molecule has 0 spiro atoms. The molecule has 4 rings (SSSR count). The van der Waals surface area contributed by atoms with E-state index >= 15 is 0 Å². The van der Waals surface area contributed by atoms with Crippen LogP contribution in [0, 0.1) is 6.92 Å². The third kappa shape index (κ3) is 5.23. The lowest BCUT2D eigenvalue weighted by molar-refractivity contribution is -0.116. The Morgan fingerprint density at radius 2 is 2.00 bits per heavy atom. The number of hydrogen-bond donors (Lipinski definition) is 1. The molecule has 0 saturated heterocycles. The van der Waals surface area contributed by atoms with Gasteiger partial charge < -0.3 is 14.6 Å². The van der Waals surface area contributed by atoms with Crippen LogP contribution in [0.1, 0.15) is 24.9 Å². The maximum Gasteiger partial charge on any atom is 0.227 e. The van der Waals surface area contributed by atoms with Crippen LogP contribution in [0.15, 0.2) is 63.6 Å². The van der Waals surface area contributed by atoms with Crippen molar-refractivity contribution in [3.05, 3.63) is 70.7 Å². The summed E-state index contributed by atoms with van der Waals surface area (Å²) in [6.07, 6.45) is 0.535. The Bertz CT molecular complexity index is 1220. The number of rotatable bonds is 8. The van der Waals surface area contributed by atoms with Crippen LogP contribution in [-0.2, 0) is 11.2 Å². The van der Waals surface area contributed by atoms with Gasteiger partial charge in [0.25, 0.3) is 0 Å². The molecular formula is C23H22BrN5O3. The van der Waals surface area contributed by atoms with Gasteiger partial charge in [0.1, 0.15) is 11.6 Å². The molecule has 164 valence electrons. The van der Waals surface area contributed by atoms with E-state index < -0.39 is 0 Å². The van der Waals surface area contributed by atoms with E-state index in [1.807, 2.05) is 68.4 Å². The fourth-order valence-electron chi connectivity index (χ4n) is 3.16. The van der Waals surface area contributed by atoms with Crippen LogP contribution in [0.25, 0.3) is 17.1 Å². The van der Waals surface area contributed by atoms with Crippen molar-refractivity contribution in [1.29, 1.82) is 0 Å². The van der Waals surface area contributed by atoms with Gasteiger partial charge in [-0.25, -0.2) is 4.68 Å². The summed E-state index contributed by atoms with van der Waals surface area (Å²) in [7, 11) is 0. The molecule has 0 atom stereocenters. The smallest absolute Gasteiger partial charge is 0.227 e. The van der Waals surface area contributed by atoms with Crippen LogP contribution in [0.3, 0.4) is 0 Å². The number of halogens is 1. The number of hydrogen-bond acceptors (Lipinski definition) is 6. The van der Waals surface area contributed by atoms with Crippen molar-refractivity contribution in [3.8, 4) is 22.8 Å². The van der Waals surface area contributed by atoms with Crippen LogP contribution in [0.4, 0.5) is 5.82 Å². The molecule has 0 aliphatic heterocycles. The van der Waals surface area contributed by atoms with Gasteiger partial charge in [0.05, 0.1) is 18.0 Å². The van der Waals surface area contributed by atoms with Crippen molar-refractivity contribution in [2.75, 3.05) is 11.9 Å². The molecule has 0 radical (unpaired) electrons. The number of anilines is 1. The van der Waals surface area contributed by atoms with Gasteiger partial charge in [-0.05, 0) is 56.3 Å². The molecular weight excluding hydrogens is 474 g/mol. The number of amides is 1. The summed E-state index contributed by atoms with van der Waals surface area (Å²) in [5.74, 6) is 2.11. The summed E-state index contributed by atoms with van der Waals surface area (Å²) in [5, 5.41) is 11.4. The number of nitrogens with one attached hydrogen (secondary N) is 1. The van der Waals surface area contributed by atoms with Gasteiger partial charge >= 0.3 is 0 Å². The quantitative estimate of drug-likeness (QED) is 0.371. The third-order valence-electron chi connectivity index (χ3n) is 4.61. The molecule has 1 N–H and O–H groups in total. The molecule has 0 aliphatic carbocycles. The summed E-state index contributed by atoms with van der Waals surface area (Å²) in [5.41, 5.74) is 2.47. The van der Waals surface area contributed by atoms with E-state index in [1.54, 1.807) is 4.68 Å². The molecule has 0 bridgehead atoms. The van der Waals surface area contributed by atoms with Gasteiger partial charge in [0.2, 0.25) is 17.6 Å². The van der Waals surface area contributed by atoms with Crippen molar-refractivity contribution in [3.63, 3.8) is 0 Å². The van der Waals surface area contributed by atoms with Crippen molar-refractivity contribution < 1.29 is 14.1 Å². The Morgan fingerprint density at radius 1 is 1.19 bits per heavy atom. The molecule has 0 unspecified atom stereocenters. The van der Waals surface area contributed by atoms with Crippen LogP contribution in [0.5, 0.6) is 5.75 Å². The first kappa shape index (κ1) is 21.8. The summed E-state index contributed by atoms with van der Waals surface area (Å²) in [6, 6.07) is 17.0. The molecule has 0 fully saturated rings. The van der Waals surface area contributed by atoms with E-state index in [0.717, 1.165) is 27.2 Å². The Labute approximate surface area is 193 Å². The number of carbonyl (C=O) groups excluding carboxylic acids is 1. The Balaban J connectivity index is 1.38. The molecule has 4 aromatic rings. The lowest BCUT2D eigenvalue weighted by atomic mass is 10.2. The summed E-state index contributed by atoms with van der Waals surface area (Å²) < 4.78 is 13.4. The fourth-order valence-corrected chi connectivity index (χ4v) is 3.55. The zero-order valence-electron chi connectivity index (χ0n) is 17.7. The summed E-state index contributed by atoms with van der Waals surface area (Å²) in [6.45, 7) is 4.42. The molecule has 8 nitrogen and oxygen atoms in total. The second kappa shape index (κ2) is 9.78. The number of ether oxygens (including phenoxy) is 1. The highest BCUT2D eigenvalue weighted by Crippen LogP contribution is 2.22. The number of aryl methyl sites for hydroxylation is 2. The van der Waals surface area contributed by atoms with E-state index in [2.05, 4.69) is 36.5 Å². The summed E-state index contributed by atoms with van der Waals surface area (Å²) in [4.78, 5) is 16.9. The average Bonchev–Trinajstić information content (AvgIpc) is 3.40. The molecule has 0 saturated carbocycles. The minimum Gasteiger partial charge on any atom is -0.494 e. The van der Waals surface area contributed by atoms with Gasteiger partial charge in [0.15, 0.2) is 0 Å². The number of aromatic nitrogens is 4. The lowest BCUT2D eigenvalue weighted by Gasteiger charge is -2.09. The van der Waals surface area contributed by atoms with E-state index in [-0.39, 0.29) is 12.3 Å². The monoisotopic (exact) mass is 495 g/mol. The molecule has 9 heteroatoms.